The average molecular weight is 312 g/mol. The van der Waals surface area contributed by atoms with E-state index in [2.05, 4.69) is 29.6 Å². The predicted octanol–water partition coefficient (Wildman–Crippen LogP) is 2.40. The van der Waals surface area contributed by atoms with Gasteiger partial charge in [0.2, 0.25) is 11.1 Å². The molecule has 0 unspecified atom stereocenters. The Labute approximate surface area is 125 Å². The maximum absolute atomic E-state index is 5.48. The van der Waals surface area contributed by atoms with E-state index < -0.39 is 0 Å². The Morgan fingerprint density at radius 3 is 2.70 bits per heavy atom. The first-order valence-corrected chi connectivity index (χ1v) is 7.91. The number of ether oxygens (including phenoxy) is 1. The third-order valence-corrected chi connectivity index (χ3v) is 3.76. The van der Waals surface area contributed by atoms with Crippen molar-refractivity contribution >= 4 is 29.2 Å². The first-order chi connectivity index (χ1) is 9.71. The summed E-state index contributed by atoms with van der Waals surface area (Å²) in [5.74, 6) is 1.26. The lowest BCUT2D eigenvalue weighted by Crippen LogP contribution is -2.07. The molecule has 0 fully saturated rings. The molecule has 2 heterocycles. The fourth-order valence-corrected chi connectivity index (χ4v) is 2.77. The summed E-state index contributed by atoms with van der Waals surface area (Å²) in [4.78, 5) is 17.1. The van der Waals surface area contributed by atoms with Crippen molar-refractivity contribution in [2.75, 3.05) is 18.5 Å². The van der Waals surface area contributed by atoms with E-state index in [0.717, 1.165) is 23.1 Å². The molecule has 20 heavy (non-hydrogen) atoms. The van der Waals surface area contributed by atoms with Crippen LogP contribution in [0.1, 0.15) is 26.1 Å². The average Bonchev–Trinajstić information content (AvgIpc) is 2.82. The van der Waals surface area contributed by atoms with Gasteiger partial charge in [-0.25, -0.2) is 4.98 Å². The van der Waals surface area contributed by atoms with Crippen LogP contribution in [0.3, 0.4) is 0 Å². The van der Waals surface area contributed by atoms with Gasteiger partial charge in [0, 0.05) is 6.54 Å². The zero-order chi connectivity index (χ0) is 14.4. The number of aryl methyl sites for hydroxylation is 1. The molecule has 0 aliphatic carbocycles. The second kappa shape index (κ2) is 7.34. The summed E-state index contributed by atoms with van der Waals surface area (Å²) in [5, 5.41) is 3.62. The summed E-state index contributed by atoms with van der Waals surface area (Å²) in [6.07, 6.45) is 0.903. The van der Waals surface area contributed by atoms with Crippen molar-refractivity contribution in [1.82, 2.24) is 24.3 Å². The van der Waals surface area contributed by atoms with Crippen molar-refractivity contribution in [3.8, 4) is 6.01 Å². The number of aromatic nitrogens is 5. The van der Waals surface area contributed by atoms with Crippen LogP contribution in [-0.2, 0) is 0 Å². The van der Waals surface area contributed by atoms with Crippen molar-refractivity contribution < 1.29 is 4.74 Å². The second-order valence-electron chi connectivity index (χ2n) is 3.81. The van der Waals surface area contributed by atoms with Crippen LogP contribution in [0.2, 0.25) is 0 Å². The minimum Gasteiger partial charge on any atom is -0.463 e. The fourth-order valence-electron chi connectivity index (χ4n) is 1.28. The molecule has 108 valence electrons. The molecule has 0 spiro atoms. The molecule has 0 saturated heterocycles. The Hall–Kier alpha value is -1.48. The zero-order valence-corrected chi connectivity index (χ0v) is 13.2. The molecule has 0 aliphatic rings. The Bertz CT molecular complexity index is 562. The number of nitrogens with zero attached hydrogens (tertiary/aromatic N) is 5. The van der Waals surface area contributed by atoms with E-state index in [0.29, 0.717) is 23.7 Å². The number of hydrogen-bond donors (Lipinski definition) is 1. The highest BCUT2D eigenvalue weighted by atomic mass is 32.2. The number of hydrogen-bond acceptors (Lipinski definition) is 9. The van der Waals surface area contributed by atoms with E-state index in [9.17, 15) is 0 Å². The highest BCUT2D eigenvalue weighted by Gasteiger charge is 2.11. The molecule has 0 amide bonds. The Kier molecular flexibility index (Phi) is 5.48. The summed E-state index contributed by atoms with van der Waals surface area (Å²) in [6.45, 7) is 7.19. The molecule has 2 aromatic rings. The zero-order valence-electron chi connectivity index (χ0n) is 11.6. The lowest BCUT2D eigenvalue weighted by molar-refractivity contribution is 0.288. The highest BCUT2D eigenvalue weighted by Crippen LogP contribution is 2.27. The standard InChI is InChI=1S/C11H16N6OS2/c1-4-6-18-9-14-8(12-5-2)15-10(16-9)19-11-13-7(3)17-20-11/h4-6H2,1-3H3,(H,12,14,15,16). The van der Waals surface area contributed by atoms with E-state index in [1.54, 1.807) is 0 Å². The maximum Gasteiger partial charge on any atom is 0.322 e. The molecule has 0 radical (unpaired) electrons. The molecule has 0 aromatic carbocycles. The highest BCUT2D eigenvalue weighted by molar-refractivity contribution is 8.00. The molecule has 0 aliphatic heterocycles. The number of rotatable bonds is 7. The number of anilines is 1. The van der Waals surface area contributed by atoms with Crippen molar-refractivity contribution in [1.29, 1.82) is 0 Å². The smallest absolute Gasteiger partial charge is 0.322 e. The number of nitrogens with one attached hydrogen (secondary N) is 1. The molecule has 2 aromatic heterocycles. The van der Waals surface area contributed by atoms with Gasteiger partial charge in [-0.3, -0.25) is 0 Å². The lowest BCUT2D eigenvalue weighted by atomic mass is 10.5. The molecule has 1 N–H and O–H groups in total. The van der Waals surface area contributed by atoms with E-state index >= 15 is 0 Å². The van der Waals surface area contributed by atoms with Crippen LogP contribution in [0.15, 0.2) is 9.50 Å². The molecule has 0 saturated carbocycles. The van der Waals surface area contributed by atoms with E-state index in [4.69, 9.17) is 4.74 Å². The normalized spacial score (nSPS) is 10.6. The van der Waals surface area contributed by atoms with E-state index in [1.165, 1.54) is 23.3 Å². The van der Waals surface area contributed by atoms with Crippen molar-refractivity contribution in [2.24, 2.45) is 0 Å². The molecule has 7 nitrogen and oxygen atoms in total. The van der Waals surface area contributed by atoms with Gasteiger partial charge < -0.3 is 10.1 Å². The van der Waals surface area contributed by atoms with Crippen LogP contribution in [0.25, 0.3) is 0 Å². The van der Waals surface area contributed by atoms with Crippen LogP contribution >= 0.6 is 23.3 Å². The van der Waals surface area contributed by atoms with E-state index in [1.807, 2.05) is 20.8 Å². The molecule has 0 bridgehead atoms. The Morgan fingerprint density at radius 1 is 1.20 bits per heavy atom. The van der Waals surface area contributed by atoms with Gasteiger partial charge in [0.05, 0.1) is 6.61 Å². The molecular weight excluding hydrogens is 296 g/mol. The van der Waals surface area contributed by atoms with Gasteiger partial charge in [-0.1, -0.05) is 6.92 Å². The SMILES string of the molecule is CCCOc1nc(NCC)nc(Sc2nc(C)ns2)n1. The van der Waals surface area contributed by atoms with Crippen molar-refractivity contribution in [3.63, 3.8) is 0 Å². The fraction of sp³-hybridized carbons (Fsp3) is 0.545. The van der Waals surface area contributed by atoms with Crippen molar-refractivity contribution in [2.45, 2.75) is 36.7 Å². The first kappa shape index (κ1) is 14.9. The Balaban J connectivity index is 2.18. The van der Waals surface area contributed by atoms with Gasteiger partial charge in [-0.15, -0.1) is 0 Å². The predicted molar refractivity (Wildman–Crippen MR) is 78.5 cm³/mol. The summed E-state index contributed by atoms with van der Waals surface area (Å²) in [6, 6.07) is 0.335. The van der Waals surface area contributed by atoms with Gasteiger partial charge in [-0.2, -0.15) is 19.3 Å². The first-order valence-electron chi connectivity index (χ1n) is 6.32. The van der Waals surface area contributed by atoms with Gasteiger partial charge in [0.25, 0.3) is 0 Å². The van der Waals surface area contributed by atoms with E-state index in [-0.39, 0.29) is 0 Å². The monoisotopic (exact) mass is 312 g/mol. The van der Waals surface area contributed by atoms with Crippen LogP contribution < -0.4 is 10.1 Å². The summed E-state index contributed by atoms with van der Waals surface area (Å²) >= 11 is 2.69. The van der Waals surface area contributed by atoms with Gasteiger partial charge in [-0.05, 0) is 43.6 Å². The lowest BCUT2D eigenvalue weighted by Gasteiger charge is -2.07. The summed E-state index contributed by atoms with van der Waals surface area (Å²) < 4.78 is 10.4. The molecule has 9 heteroatoms. The third kappa shape index (κ3) is 4.27. The van der Waals surface area contributed by atoms with Gasteiger partial charge in [0.1, 0.15) is 5.82 Å². The third-order valence-electron chi connectivity index (χ3n) is 2.05. The molecule has 0 atom stereocenters. The Morgan fingerprint density at radius 2 is 2.05 bits per heavy atom. The van der Waals surface area contributed by atoms with Crippen LogP contribution in [0.4, 0.5) is 5.95 Å². The molecular formula is C11H16N6OS2. The minimum absolute atomic E-state index is 0.335. The van der Waals surface area contributed by atoms with Gasteiger partial charge in [0.15, 0.2) is 4.34 Å². The summed E-state index contributed by atoms with van der Waals surface area (Å²) in [5.41, 5.74) is 0. The summed E-state index contributed by atoms with van der Waals surface area (Å²) in [7, 11) is 0. The maximum atomic E-state index is 5.48. The topological polar surface area (TPSA) is 85.7 Å². The molecule has 2 rings (SSSR count). The second-order valence-corrected chi connectivity index (χ2v) is 5.78. The minimum atomic E-state index is 0.335. The van der Waals surface area contributed by atoms with Crippen LogP contribution in [-0.4, -0.2) is 37.5 Å². The van der Waals surface area contributed by atoms with Crippen LogP contribution in [0, 0.1) is 6.92 Å². The van der Waals surface area contributed by atoms with Crippen molar-refractivity contribution in [3.05, 3.63) is 5.82 Å². The quantitative estimate of drug-likeness (QED) is 0.834. The van der Waals surface area contributed by atoms with Gasteiger partial charge >= 0.3 is 6.01 Å². The largest absolute Gasteiger partial charge is 0.463 e. The van der Waals surface area contributed by atoms with Crippen LogP contribution in [0.5, 0.6) is 6.01 Å².